The SMILES string of the molecule is COC(=O)C1c2ccsc2CCN1C(=O)c1cccc(OC)c1OC. The van der Waals surface area contributed by atoms with Gasteiger partial charge in [0.05, 0.1) is 26.9 Å². The van der Waals surface area contributed by atoms with Gasteiger partial charge in [0.15, 0.2) is 17.5 Å². The summed E-state index contributed by atoms with van der Waals surface area (Å²) >= 11 is 1.59. The van der Waals surface area contributed by atoms with Crippen LogP contribution in [0.25, 0.3) is 0 Å². The van der Waals surface area contributed by atoms with Gasteiger partial charge in [-0.25, -0.2) is 4.79 Å². The summed E-state index contributed by atoms with van der Waals surface area (Å²) in [5.74, 6) is 0.0866. The molecule has 25 heavy (non-hydrogen) atoms. The Morgan fingerprint density at radius 1 is 1.16 bits per heavy atom. The standard InChI is InChI=1S/C18H19NO5S/c1-22-13-6-4-5-12(16(13)23-2)17(20)19-9-7-14-11(8-10-25-14)15(19)18(21)24-3/h4-6,8,10,15H,7,9H2,1-3H3. The third kappa shape index (κ3) is 2.95. The minimum Gasteiger partial charge on any atom is -0.493 e. The van der Waals surface area contributed by atoms with Crippen molar-refractivity contribution in [2.45, 2.75) is 12.5 Å². The molecule has 0 radical (unpaired) electrons. The molecule has 1 aromatic carbocycles. The summed E-state index contributed by atoms with van der Waals surface area (Å²) in [6.07, 6.45) is 0.707. The maximum absolute atomic E-state index is 13.2. The van der Waals surface area contributed by atoms with Crippen LogP contribution in [0.1, 0.15) is 26.8 Å². The van der Waals surface area contributed by atoms with Gasteiger partial charge in [-0.05, 0) is 35.6 Å². The second kappa shape index (κ2) is 7.14. The maximum atomic E-state index is 13.2. The highest BCUT2D eigenvalue weighted by atomic mass is 32.1. The van der Waals surface area contributed by atoms with Crippen LogP contribution in [0.4, 0.5) is 0 Å². The average Bonchev–Trinajstić information content (AvgIpc) is 3.13. The van der Waals surface area contributed by atoms with Gasteiger partial charge in [0, 0.05) is 11.4 Å². The molecule has 0 bridgehead atoms. The van der Waals surface area contributed by atoms with Crippen LogP contribution in [0.3, 0.4) is 0 Å². The first-order valence-electron chi connectivity index (χ1n) is 7.78. The number of nitrogens with zero attached hydrogens (tertiary/aromatic N) is 1. The maximum Gasteiger partial charge on any atom is 0.333 e. The summed E-state index contributed by atoms with van der Waals surface area (Å²) in [4.78, 5) is 28.2. The Bertz CT molecular complexity index is 801. The van der Waals surface area contributed by atoms with Crippen molar-refractivity contribution < 1.29 is 23.8 Å². The lowest BCUT2D eigenvalue weighted by Crippen LogP contribution is -2.43. The molecule has 1 aliphatic heterocycles. The number of amides is 1. The second-order valence-electron chi connectivity index (χ2n) is 5.51. The van der Waals surface area contributed by atoms with Crippen molar-refractivity contribution in [2.24, 2.45) is 0 Å². The molecule has 1 unspecified atom stereocenters. The zero-order chi connectivity index (χ0) is 18.0. The van der Waals surface area contributed by atoms with Crippen LogP contribution in [0.5, 0.6) is 11.5 Å². The number of hydrogen-bond acceptors (Lipinski definition) is 6. The van der Waals surface area contributed by atoms with Gasteiger partial charge >= 0.3 is 5.97 Å². The molecule has 1 atom stereocenters. The van der Waals surface area contributed by atoms with Crippen molar-refractivity contribution in [2.75, 3.05) is 27.9 Å². The third-order valence-corrected chi connectivity index (χ3v) is 5.28. The summed E-state index contributed by atoms with van der Waals surface area (Å²) < 4.78 is 15.6. The number of benzene rings is 1. The topological polar surface area (TPSA) is 65.1 Å². The number of methoxy groups -OCH3 is 3. The molecular formula is C18H19NO5S. The van der Waals surface area contributed by atoms with E-state index in [1.807, 2.05) is 11.4 Å². The van der Waals surface area contributed by atoms with Crippen LogP contribution in [0.15, 0.2) is 29.6 Å². The Labute approximate surface area is 149 Å². The smallest absolute Gasteiger partial charge is 0.333 e. The van der Waals surface area contributed by atoms with Crippen molar-refractivity contribution in [1.29, 1.82) is 0 Å². The fourth-order valence-electron chi connectivity index (χ4n) is 3.11. The Balaban J connectivity index is 2.03. The molecular weight excluding hydrogens is 342 g/mol. The summed E-state index contributed by atoms with van der Waals surface area (Å²) in [6.45, 7) is 0.437. The number of rotatable bonds is 4. The molecule has 2 aromatic rings. The van der Waals surface area contributed by atoms with Crippen LogP contribution in [-0.2, 0) is 16.0 Å². The lowest BCUT2D eigenvalue weighted by molar-refractivity contribution is -0.146. The minimum atomic E-state index is -0.747. The van der Waals surface area contributed by atoms with Crippen LogP contribution in [0, 0.1) is 0 Å². The molecule has 2 heterocycles. The second-order valence-corrected chi connectivity index (χ2v) is 6.52. The largest absolute Gasteiger partial charge is 0.493 e. The van der Waals surface area contributed by atoms with Crippen molar-refractivity contribution in [3.8, 4) is 11.5 Å². The molecule has 0 aliphatic carbocycles. The molecule has 7 heteroatoms. The zero-order valence-electron chi connectivity index (χ0n) is 14.3. The van der Waals surface area contributed by atoms with Crippen LogP contribution in [-0.4, -0.2) is 44.7 Å². The Morgan fingerprint density at radius 3 is 2.64 bits per heavy atom. The van der Waals surface area contributed by atoms with E-state index in [0.717, 1.165) is 10.4 Å². The van der Waals surface area contributed by atoms with E-state index >= 15 is 0 Å². The predicted octanol–water partition coefficient (Wildman–Crippen LogP) is 2.68. The van der Waals surface area contributed by atoms with Gasteiger partial charge < -0.3 is 19.1 Å². The average molecular weight is 361 g/mol. The summed E-state index contributed by atoms with van der Waals surface area (Å²) in [6, 6.07) is 6.25. The quantitative estimate of drug-likeness (QED) is 0.784. The van der Waals surface area contributed by atoms with E-state index in [-0.39, 0.29) is 5.91 Å². The van der Waals surface area contributed by atoms with E-state index in [2.05, 4.69) is 0 Å². The first-order chi connectivity index (χ1) is 12.1. The van der Waals surface area contributed by atoms with Gasteiger partial charge in [-0.1, -0.05) is 6.07 Å². The van der Waals surface area contributed by atoms with Crippen molar-refractivity contribution in [3.05, 3.63) is 45.6 Å². The first-order valence-corrected chi connectivity index (χ1v) is 8.66. The molecule has 0 saturated carbocycles. The van der Waals surface area contributed by atoms with E-state index in [1.54, 1.807) is 29.5 Å². The molecule has 1 amide bonds. The first kappa shape index (κ1) is 17.3. The lowest BCUT2D eigenvalue weighted by atomic mass is 9.98. The molecule has 0 N–H and O–H groups in total. The van der Waals surface area contributed by atoms with Gasteiger partial charge in [-0.2, -0.15) is 0 Å². The van der Waals surface area contributed by atoms with Crippen molar-refractivity contribution >= 4 is 23.2 Å². The molecule has 1 aromatic heterocycles. The molecule has 0 saturated heterocycles. The van der Waals surface area contributed by atoms with Crippen LogP contribution >= 0.6 is 11.3 Å². The van der Waals surface area contributed by atoms with Gasteiger partial charge in [-0.15, -0.1) is 11.3 Å². The molecule has 1 aliphatic rings. The highest BCUT2D eigenvalue weighted by Crippen LogP contribution is 2.37. The van der Waals surface area contributed by atoms with Crippen LogP contribution in [0.2, 0.25) is 0 Å². The Kier molecular flexibility index (Phi) is 4.94. The number of carbonyl (C=O) groups is 2. The van der Waals surface area contributed by atoms with E-state index in [1.165, 1.54) is 26.2 Å². The van der Waals surface area contributed by atoms with Gasteiger partial charge in [-0.3, -0.25) is 4.79 Å². The number of para-hydroxylation sites is 1. The van der Waals surface area contributed by atoms with E-state index < -0.39 is 12.0 Å². The Morgan fingerprint density at radius 2 is 1.96 bits per heavy atom. The highest BCUT2D eigenvalue weighted by Gasteiger charge is 2.38. The molecule has 3 rings (SSSR count). The van der Waals surface area contributed by atoms with Gasteiger partial charge in [0.25, 0.3) is 5.91 Å². The molecule has 0 spiro atoms. The number of fused-ring (bicyclic) bond motifs is 1. The number of hydrogen-bond donors (Lipinski definition) is 0. The van der Waals surface area contributed by atoms with E-state index in [0.29, 0.717) is 30.0 Å². The summed E-state index contributed by atoms with van der Waals surface area (Å²) in [7, 11) is 4.33. The minimum absolute atomic E-state index is 0.289. The highest BCUT2D eigenvalue weighted by molar-refractivity contribution is 7.10. The third-order valence-electron chi connectivity index (χ3n) is 4.28. The van der Waals surface area contributed by atoms with Crippen molar-refractivity contribution in [3.63, 3.8) is 0 Å². The molecule has 132 valence electrons. The number of ether oxygens (including phenoxy) is 3. The zero-order valence-corrected chi connectivity index (χ0v) is 15.1. The molecule has 0 fully saturated rings. The van der Waals surface area contributed by atoms with Gasteiger partial charge in [0.2, 0.25) is 0 Å². The summed E-state index contributed by atoms with van der Waals surface area (Å²) in [5.41, 5.74) is 1.19. The van der Waals surface area contributed by atoms with E-state index in [4.69, 9.17) is 14.2 Å². The van der Waals surface area contributed by atoms with Crippen molar-refractivity contribution in [1.82, 2.24) is 4.90 Å². The number of esters is 1. The normalized spacial score (nSPS) is 16.1. The number of carbonyl (C=O) groups excluding carboxylic acids is 2. The Hall–Kier alpha value is -2.54. The lowest BCUT2D eigenvalue weighted by Gasteiger charge is -2.34. The fourth-order valence-corrected chi connectivity index (χ4v) is 4.02. The summed E-state index contributed by atoms with van der Waals surface area (Å²) in [5, 5.41) is 1.93. The monoisotopic (exact) mass is 361 g/mol. The van der Waals surface area contributed by atoms with Crippen LogP contribution < -0.4 is 9.47 Å². The number of thiophene rings is 1. The van der Waals surface area contributed by atoms with Gasteiger partial charge in [0.1, 0.15) is 0 Å². The fraction of sp³-hybridized carbons (Fsp3) is 0.333. The predicted molar refractivity (Wildman–Crippen MR) is 93.4 cm³/mol. The van der Waals surface area contributed by atoms with E-state index in [9.17, 15) is 9.59 Å². The molecule has 6 nitrogen and oxygen atoms in total.